The molecule has 4 heteroatoms. The summed E-state index contributed by atoms with van der Waals surface area (Å²) >= 11 is 0. The Bertz CT molecular complexity index is 458. The molecule has 17 heavy (non-hydrogen) atoms. The summed E-state index contributed by atoms with van der Waals surface area (Å²) in [6.45, 7) is 1.31. The maximum Gasteiger partial charge on any atom is 0.307 e. The van der Waals surface area contributed by atoms with Gasteiger partial charge < -0.3 is 15.2 Å². The van der Waals surface area contributed by atoms with E-state index in [0.29, 0.717) is 13.0 Å². The number of benzene rings is 1. The van der Waals surface area contributed by atoms with Gasteiger partial charge in [0, 0.05) is 19.0 Å². The maximum absolute atomic E-state index is 10.9. The summed E-state index contributed by atoms with van der Waals surface area (Å²) in [7, 11) is 0. The second-order valence-corrected chi connectivity index (χ2v) is 4.70. The van der Waals surface area contributed by atoms with Crippen molar-refractivity contribution in [2.75, 3.05) is 13.2 Å². The number of fused-ring (bicyclic) bond motifs is 1. The Balaban J connectivity index is 1.79. The monoisotopic (exact) mass is 233 g/mol. The van der Waals surface area contributed by atoms with E-state index in [1.54, 1.807) is 0 Å². The molecule has 0 amide bonds. The Morgan fingerprint density at radius 1 is 1.47 bits per heavy atom. The van der Waals surface area contributed by atoms with Gasteiger partial charge in [0.2, 0.25) is 0 Å². The van der Waals surface area contributed by atoms with Crippen LogP contribution in [0.1, 0.15) is 23.6 Å². The SMILES string of the molecule is O=C(O)C1CNC(c2ccc3c(c2)OCC3)C1. The first-order valence-electron chi connectivity index (χ1n) is 5.96. The number of hydrogen-bond donors (Lipinski definition) is 2. The van der Waals surface area contributed by atoms with Crippen LogP contribution in [0, 0.1) is 5.92 Å². The molecule has 2 aliphatic heterocycles. The number of ether oxygens (including phenoxy) is 1. The summed E-state index contributed by atoms with van der Waals surface area (Å²) in [4.78, 5) is 10.9. The first-order chi connectivity index (χ1) is 8.24. The molecule has 2 N–H and O–H groups in total. The molecule has 1 fully saturated rings. The molecule has 2 atom stereocenters. The largest absolute Gasteiger partial charge is 0.493 e. The summed E-state index contributed by atoms with van der Waals surface area (Å²) in [5, 5.41) is 12.2. The number of carboxylic acid groups (broad SMARTS) is 1. The molecule has 3 rings (SSSR count). The van der Waals surface area contributed by atoms with Gasteiger partial charge in [-0.25, -0.2) is 0 Å². The molecule has 0 saturated carbocycles. The van der Waals surface area contributed by atoms with E-state index in [0.717, 1.165) is 24.3 Å². The number of rotatable bonds is 2. The number of hydrogen-bond acceptors (Lipinski definition) is 3. The van der Waals surface area contributed by atoms with E-state index < -0.39 is 5.97 Å². The van der Waals surface area contributed by atoms with Crippen LogP contribution in [-0.2, 0) is 11.2 Å². The lowest BCUT2D eigenvalue weighted by Gasteiger charge is -2.11. The fourth-order valence-corrected chi connectivity index (χ4v) is 2.58. The van der Waals surface area contributed by atoms with Crippen LogP contribution in [-0.4, -0.2) is 24.2 Å². The van der Waals surface area contributed by atoms with E-state index in [4.69, 9.17) is 9.84 Å². The van der Waals surface area contributed by atoms with Crippen molar-refractivity contribution >= 4 is 5.97 Å². The normalized spacial score (nSPS) is 26.6. The Labute approximate surface area is 99.6 Å². The second kappa shape index (κ2) is 4.04. The highest BCUT2D eigenvalue weighted by Gasteiger charge is 2.30. The minimum atomic E-state index is -0.711. The van der Waals surface area contributed by atoms with Crippen LogP contribution in [0.5, 0.6) is 5.75 Å². The minimum absolute atomic E-state index is 0.144. The Morgan fingerprint density at radius 3 is 3.12 bits per heavy atom. The van der Waals surface area contributed by atoms with Gasteiger partial charge in [-0.1, -0.05) is 12.1 Å². The minimum Gasteiger partial charge on any atom is -0.493 e. The summed E-state index contributed by atoms with van der Waals surface area (Å²) in [6, 6.07) is 6.36. The highest BCUT2D eigenvalue weighted by molar-refractivity contribution is 5.70. The highest BCUT2D eigenvalue weighted by Crippen LogP contribution is 2.33. The topological polar surface area (TPSA) is 58.6 Å². The zero-order valence-electron chi connectivity index (χ0n) is 9.48. The summed E-state index contributed by atoms with van der Waals surface area (Å²) in [5.74, 6) is -0.0188. The van der Waals surface area contributed by atoms with Crippen molar-refractivity contribution in [3.05, 3.63) is 29.3 Å². The van der Waals surface area contributed by atoms with E-state index in [-0.39, 0.29) is 12.0 Å². The lowest BCUT2D eigenvalue weighted by molar-refractivity contribution is -0.141. The molecule has 1 aromatic carbocycles. The molecular formula is C13H15NO3. The molecule has 0 spiro atoms. The lowest BCUT2D eigenvalue weighted by atomic mass is 9.98. The molecule has 0 radical (unpaired) electrons. The highest BCUT2D eigenvalue weighted by atomic mass is 16.5. The van der Waals surface area contributed by atoms with E-state index in [9.17, 15) is 4.79 Å². The number of carboxylic acids is 1. The predicted molar refractivity (Wildman–Crippen MR) is 62.1 cm³/mol. The smallest absolute Gasteiger partial charge is 0.307 e. The van der Waals surface area contributed by atoms with Crippen LogP contribution in [0.25, 0.3) is 0 Å². The first kappa shape index (κ1) is 10.6. The summed E-state index contributed by atoms with van der Waals surface area (Å²) < 4.78 is 5.53. The molecule has 2 aliphatic rings. The fraction of sp³-hybridized carbons (Fsp3) is 0.462. The average molecular weight is 233 g/mol. The molecule has 2 heterocycles. The fourth-order valence-electron chi connectivity index (χ4n) is 2.58. The van der Waals surface area contributed by atoms with Crippen molar-refractivity contribution in [1.82, 2.24) is 5.32 Å². The maximum atomic E-state index is 10.9. The standard InChI is InChI=1S/C13H15NO3/c15-13(16)10-5-11(14-7-10)9-2-1-8-3-4-17-12(8)6-9/h1-2,6,10-11,14H,3-5,7H2,(H,15,16). The Kier molecular flexibility index (Phi) is 2.52. The van der Waals surface area contributed by atoms with Gasteiger partial charge >= 0.3 is 5.97 Å². The van der Waals surface area contributed by atoms with Crippen LogP contribution in [0.3, 0.4) is 0 Å². The molecule has 0 bridgehead atoms. The number of aliphatic carboxylic acids is 1. The number of carbonyl (C=O) groups is 1. The molecule has 4 nitrogen and oxygen atoms in total. The molecule has 0 aliphatic carbocycles. The Hall–Kier alpha value is -1.55. The molecule has 2 unspecified atom stereocenters. The van der Waals surface area contributed by atoms with Gasteiger partial charge in [-0.3, -0.25) is 4.79 Å². The van der Waals surface area contributed by atoms with Crippen molar-refractivity contribution in [1.29, 1.82) is 0 Å². The van der Waals surface area contributed by atoms with Gasteiger partial charge in [0.05, 0.1) is 12.5 Å². The van der Waals surface area contributed by atoms with Crippen molar-refractivity contribution in [2.45, 2.75) is 18.9 Å². The van der Waals surface area contributed by atoms with Crippen molar-refractivity contribution in [2.24, 2.45) is 5.92 Å². The van der Waals surface area contributed by atoms with Crippen LogP contribution in [0.4, 0.5) is 0 Å². The van der Waals surface area contributed by atoms with Crippen molar-refractivity contribution < 1.29 is 14.6 Å². The average Bonchev–Trinajstić information content (AvgIpc) is 2.97. The predicted octanol–water partition coefficient (Wildman–Crippen LogP) is 1.36. The molecule has 1 aromatic rings. The van der Waals surface area contributed by atoms with E-state index >= 15 is 0 Å². The van der Waals surface area contributed by atoms with Crippen LogP contribution in [0.15, 0.2) is 18.2 Å². The summed E-state index contributed by atoms with van der Waals surface area (Å²) in [6.07, 6.45) is 1.64. The molecule has 1 saturated heterocycles. The zero-order valence-corrected chi connectivity index (χ0v) is 9.48. The lowest BCUT2D eigenvalue weighted by Crippen LogP contribution is -2.17. The molecular weight excluding hydrogens is 218 g/mol. The third kappa shape index (κ3) is 1.89. The van der Waals surface area contributed by atoms with Gasteiger partial charge in [0.25, 0.3) is 0 Å². The van der Waals surface area contributed by atoms with Crippen molar-refractivity contribution in [3.8, 4) is 5.75 Å². The van der Waals surface area contributed by atoms with Gasteiger partial charge in [-0.2, -0.15) is 0 Å². The molecule has 90 valence electrons. The summed E-state index contributed by atoms with van der Waals surface area (Å²) in [5.41, 5.74) is 2.39. The molecule has 0 aromatic heterocycles. The third-order valence-corrected chi connectivity index (χ3v) is 3.60. The van der Waals surface area contributed by atoms with Gasteiger partial charge in [0.15, 0.2) is 0 Å². The first-order valence-corrected chi connectivity index (χ1v) is 5.96. The van der Waals surface area contributed by atoms with Crippen molar-refractivity contribution in [3.63, 3.8) is 0 Å². The van der Waals surface area contributed by atoms with Crippen LogP contribution >= 0.6 is 0 Å². The Morgan fingerprint density at radius 2 is 2.35 bits per heavy atom. The third-order valence-electron chi connectivity index (χ3n) is 3.60. The van der Waals surface area contributed by atoms with Gasteiger partial charge in [-0.15, -0.1) is 0 Å². The van der Waals surface area contributed by atoms with Gasteiger partial charge in [-0.05, 0) is 23.6 Å². The van der Waals surface area contributed by atoms with Crippen LogP contribution < -0.4 is 10.1 Å². The van der Waals surface area contributed by atoms with E-state index in [2.05, 4.69) is 17.4 Å². The number of nitrogens with one attached hydrogen (secondary N) is 1. The van der Waals surface area contributed by atoms with Crippen LogP contribution in [0.2, 0.25) is 0 Å². The quantitative estimate of drug-likeness (QED) is 0.809. The van der Waals surface area contributed by atoms with E-state index in [1.807, 2.05) is 6.07 Å². The van der Waals surface area contributed by atoms with Gasteiger partial charge in [0.1, 0.15) is 5.75 Å². The second-order valence-electron chi connectivity index (χ2n) is 4.70. The van der Waals surface area contributed by atoms with E-state index in [1.165, 1.54) is 5.56 Å². The zero-order chi connectivity index (χ0) is 11.8.